The summed E-state index contributed by atoms with van der Waals surface area (Å²) in [6, 6.07) is 11.3. The number of rotatable bonds is 3. The van der Waals surface area contributed by atoms with Crippen molar-refractivity contribution in [3.8, 4) is 0 Å². The van der Waals surface area contributed by atoms with Gasteiger partial charge in [0.05, 0.1) is 15.8 Å². The summed E-state index contributed by atoms with van der Waals surface area (Å²) in [4.78, 5) is 19.3. The number of hydrogen-bond acceptors (Lipinski definition) is 7. The minimum Gasteiger partial charge on any atom is -0.368 e. The van der Waals surface area contributed by atoms with Gasteiger partial charge in [0, 0.05) is 30.9 Å². The molecular formula is C23H26N6O3S. The molecule has 172 valence electrons. The Morgan fingerprint density at radius 2 is 1.76 bits per heavy atom. The average Bonchev–Trinajstić information content (AvgIpc) is 3.17. The van der Waals surface area contributed by atoms with Crippen molar-refractivity contribution in [3.63, 3.8) is 0 Å². The Hall–Kier alpha value is -3.24. The molecule has 1 fully saturated rings. The first kappa shape index (κ1) is 21.6. The fourth-order valence-electron chi connectivity index (χ4n) is 4.72. The van der Waals surface area contributed by atoms with Gasteiger partial charge in [-0.1, -0.05) is 17.7 Å². The van der Waals surface area contributed by atoms with E-state index in [0.717, 1.165) is 24.3 Å². The molecule has 1 saturated heterocycles. The summed E-state index contributed by atoms with van der Waals surface area (Å²) in [6.07, 6.45) is 0. The Balaban J connectivity index is 1.69. The molecule has 5 rings (SSSR count). The molecule has 10 heteroatoms. The average molecular weight is 467 g/mol. The van der Waals surface area contributed by atoms with Crippen molar-refractivity contribution in [1.29, 1.82) is 0 Å². The van der Waals surface area contributed by atoms with Crippen molar-refractivity contribution in [2.24, 2.45) is 0 Å². The number of piperazine rings is 1. The van der Waals surface area contributed by atoms with Gasteiger partial charge < -0.3 is 10.2 Å². The highest BCUT2D eigenvalue weighted by Gasteiger charge is 2.28. The Morgan fingerprint density at radius 1 is 1.03 bits per heavy atom. The molecule has 0 spiro atoms. The van der Waals surface area contributed by atoms with Crippen molar-refractivity contribution < 1.29 is 8.42 Å². The molecule has 0 aliphatic carbocycles. The first-order chi connectivity index (χ1) is 15.6. The number of nitrogens with zero attached hydrogens (tertiary/aromatic N) is 4. The van der Waals surface area contributed by atoms with Crippen molar-refractivity contribution in [3.05, 3.63) is 57.9 Å². The number of fused-ring (bicyclic) bond motifs is 3. The lowest BCUT2D eigenvalue weighted by Crippen LogP contribution is -2.54. The number of anilines is 1. The molecule has 2 aromatic carbocycles. The molecule has 1 aliphatic heterocycles. The quantitative estimate of drug-likeness (QED) is 0.476. The van der Waals surface area contributed by atoms with E-state index in [1.54, 1.807) is 31.2 Å². The lowest BCUT2D eigenvalue weighted by atomic mass is 10.1. The summed E-state index contributed by atoms with van der Waals surface area (Å²) in [5.41, 5.74) is 2.57. The molecule has 2 aromatic heterocycles. The molecule has 4 aromatic rings. The number of aromatic nitrogens is 4. The second-order valence-electron chi connectivity index (χ2n) is 8.94. The second kappa shape index (κ2) is 7.67. The van der Waals surface area contributed by atoms with Crippen LogP contribution in [0.5, 0.6) is 0 Å². The van der Waals surface area contributed by atoms with Crippen LogP contribution in [0.1, 0.15) is 25.0 Å². The van der Waals surface area contributed by atoms with Crippen LogP contribution < -0.4 is 15.8 Å². The topological polar surface area (TPSA) is 112 Å². The highest BCUT2D eigenvalue weighted by atomic mass is 32.2. The van der Waals surface area contributed by atoms with Gasteiger partial charge >= 0.3 is 0 Å². The zero-order chi connectivity index (χ0) is 23.5. The van der Waals surface area contributed by atoms with Crippen LogP contribution in [0.4, 0.5) is 5.69 Å². The van der Waals surface area contributed by atoms with Gasteiger partial charge in [-0.05, 0) is 57.5 Å². The minimum absolute atomic E-state index is 0.00771. The number of aromatic amines is 1. The van der Waals surface area contributed by atoms with Crippen LogP contribution in [0, 0.1) is 13.8 Å². The number of nitrogens with one attached hydrogen (secondary N) is 2. The maximum absolute atomic E-state index is 13.4. The van der Waals surface area contributed by atoms with Crippen LogP contribution in [-0.4, -0.2) is 53.4 Å². The Kier molecular flexibility index (Phi) is 5.02. The van der Waals surface area contributed by atoms with Crippen LogP contribution in [0.25, 0.3) is 16.6 Å². The minimum atomic E-state index is -3.98. The molecule has 2 unspecified atom stereocenters. The SMILES string of the molecule is Cc1ccc(S(=O)(=O)c2n[nH]n3c2nc(=O)c2ccc(N4CC(C)NC(C)C4)cc23)c(C)c1. The molecule has 2 atom stereocenters. The standard InChI is InChI=1S/C23H26N6O3S/c1-13-5-8-20(14(2)9-13)33(31,32)23-21-25-22(30)18-7-6-17(10-19(18)29(21)27-26-23)28-11-15(3)24-16(4)12-28/h5-10,15-16,24,27H,11-12H2,1-4H3. The Bertz CT molecular complexity index is 1550. The van der Waals surface area contributed by atoms with Crippen LogP contribution >= 0.6 is 0 Å². The van der Waals surface area contributed by atoms with Gasteiger partial charge in [-0.3, -0.25) is 4.79 Å². The van der Waals surface area contributed by atoms with Crippen LogP contribution in [0.2, 0.25) is 0 Å². The lowest BCUT2D eigenvalue weighted by molar-refractivity contribution is 0.407. The molecule has 1 aliphatic rings. The highest BCUT2D eigenvalue weighted by molar-refractivity contribution is 7.91. The van der Waals surface area contributed by atoms with E-state index in [0.29, 0.717) is 28.6 Å². The van der Waals surface area contributed by atoms with E-state index in [4.69, 9.17) is 0 Å². The van der Waals surface area contributed by atoms with Gasteiger partial charge in [0.15, 0.2) is 5.65 Å². The molecule has 0 radical (unpaired) electrons. The second-order valence-corrected chi connectivity index (χ2v) is 10.8. The van der Waals surface area contributed by atoms with Crippen molar-refractivity contribution in [1.82, 2.24) is 25.1 Å². The van der Waals surface area contributed by atoms with Gasteiger partial charge in [0.25, 0.3) is 5.56 Å². The third kappa shape index (κ3) is 3.59. The van der Waals surface area contributed by atoms with E-state index in [1.807, 2.05) is 19.1 Å². The summed E-state index contributed by atoms with van der Waals surface area (Å²) in [6.45, 7) is 9.57. The predicted octanol–water partition coefficient (Wildman–Crippen LogP) is 2.21. The van der Waals surface area contributed by atoms with E-state index in [1.165, 1.54) is 4.52 Å². The van der Waals surface area contributed by atoms with E-state index in [-0.39, 0.29) is 15.6 Å². The summed E-state index contributed by atoms with van der Waals surface area (Å²) in [7, 11) is -3.98. The number of sulfone groups is 1. The first-order valence-electron chi connectivity index (χ1n) is 10.9. The molecule has 9 nitrogen and oxygen atoms in total. The van der Waals surface area contributed by atoms with Crippen molar-refractivity contribution in [2.45, 2.75) is 49.7 Å². The zero-order valence-electron chi connectivity index (χ0n) is 19.0. The van der Waals surface area contributed by atoms with Gasteiger partial charge in [-0.25, -0.2) is 18.1 Å². The summed E-state index contributed by atoms with van der Waals surface area (Å²) in [5, 5.41) is 10.5. The number of benzene rings is 2. The lowest BCUT2D eigenvalue weighted by Gasteiger charge is -2.37. The monoisotopic (exact) mass is 466 g/mol. The predicted molar refractivity (Wildman–Crippen MR) is 127 cm³/mol. The van der Waals surface area contributed by atoms with Crippen molar-refractivity contribution in [2.75, 3.05) is 18.0 Å². The van der Waals surface area contributed by atoms with Gasteiger partial charge in [0.2, 0.25) is 14.9 Å². The molecule has 0 saturated carbocycles. The summed E-state index contributed by atoms with van der Waals surface area (Å²) >= 11 is 0. The van der Waals surface area contributed by atoms with Gasteiger partial charge in [-0.15, -0.1) is 5.10 Å². The summed E-state index contributed by atoms with van der Waals surface area (Å²) in [5.74, 6) is 0. The van der Waals surface area contributed by atoms with E-state index >= 15 is 0 Å². The van der Waals surface area contributed by atoms with E-state index < -0.39 is 15.4 Å². The molecule has 0 bridgehead atoms. The van der Waals surface area contributed by atoms with E-state index in [9.17, 15) is 13.2 Å². The Morgan fingerprint density at radius 3 is 2.45 bits per heavy atom. The van der Waals surface area contributed by atoms with Crippen LogP contribution in [0.3, 0.4) is 0 Å². The van der Waals surface area contributed by atoms with Crippen LogP contribution in [-0.2, 0) is 9.84 Å². The molecule has 3 heterocycles. The third-order valence-electron chi connectivity index (χ3n) is 6.11. The number of hydrogen-bond donors (Lipinski definition) is 2. The highest BCUT2D eigenvalue weighted by Crippen LogP contribution is 2.27. The largest absolute Gasteiger partial charge is 0.368 e. The fourth-order valence-corrected chi connectivity index (χ4v) is 6.19. The normalized spacial score (nSPS) is 19.5. The van der Waals surface area contributed by atoms with Gasteiger partial charge in [-0.2, -0.15) is 4.98 Å². The third-order valence-corrected chi connectivity index (χ3v) is 7.93. The zero-order valence-corrected chi connectivity index (χ0v) is 19.8. The number of H-pyrrole nitrogens is 1. The van der Waals surface area contributed by atoms with E-state index in [2.05, 4.69) is 39.4 Å². The molecule has 0 amide bonds. The molecular weight excluding hydrogens is 440 g/mol. The smallest absolute Gasteiger partial charge is 0.281 e. The molecule has 2 N–H and O–H groups in total. The maximum Gasteiger partial charge on any atom is 0.281 e. The Labute approximate surface area is 191 Å². The van der Waals surface area contributed by atoms with Crippen molar-refractivity contribution >= 4 is 32.1 Å². The first-order valence-corrected chi connectivity index (χ1v) is 12.4. The van der Waals surface area contributed by atoms with Gasteiger partial charge in [0.1, 0.15) is 0 Å². The maximum atomic E-state index is 13.4. The number of aryl methyl sites for hydroxylation is 2. The summed E-state index contributed by atoms with van der Waals surface area (Å²) < 4.78 is 28.3. The fraction of sp³-hybridized carbons (Fsp3) is 0.348. The molecule has 33 heavy (non-hydrogen) atoms. The van der Waals surface area contributed by atoms with Crippen LogP contribution in [0.15, 0.2) is 51.1 Å².